The molecule has 2 rings (SSSR count). The minimum Gasteiger partial charge on any atom is -0.396 e. The van der Waals surface area contributed by atoms with E-state index in [1.807, 2.05) is 24.3 Å². The van der Waals surface area contributed by atoms with Crippen molar-refractivity contribution in [1.29, 1.82) is 0 Å². The second-order valence-corrected chi connectivity index (χ2v) is 6.36. The first-order valence-electron chi connectivity index (χ1n) is 6.69. The topological polar surface area (TPSA) is 98.2 Å². The Kier molecular flexibility index (Phi) is 4.50. The van der Waals surface area contributed by atoms with Crippen LogP contribution in [0.15, 0.2) is 47.4 Å². The Morgan fingerprint density at radius 3 is 2.33 bits per heavy atom. The van der Waals surface area contributed by atoms with E-state index in [9.17, 15) is 8.42 Å². The van der Waals surface area contributed by atoms with Gasteiger partial charge in [-0.05, 0) is 36.2 Å². The molecule has 5 N–H and O–H groups in total. The number of para-hydroxylation sites is 1. The zero-order chi connectivity index (χ0) is 15.5. The lowest BCUT2D eigenvalue weighted by Gasteiger charge is -2.12. The summed E-state index contributed by atoms with van der Waals surface area (Å²) in [6.07, 6.45) is 2.12. The highest BCUT2D eigenvalue weighted by Crippen LogP contribution is 2.28. The van der Waals surface area contributed by atoms with Crippen LogP contribution in [-0.4, -0.2) is 8.42 Å². The van der Waals surface area contributed by atoms with Gasteiger partial charge in [0.1, 0.15) is 4.90 Å². The zero-order valence-electron chi connectivity index (χ0n) is 11.8. The third-order valence-electron chi connectivity index (χ3n) is 3.14. The van der Waals surface area contributed by atoms with Gasteiger partial charge < -0.3 is 11.1 Å². The SMILES string of the molecule is CCCc1ccc(Nc2cccc(S(N)(=O)=O)c2N)cc1. The third-order valence-corrected chi connectivity index (χ3v) is 4.11. The van der Waals surface area contributed by atoms with Crippen LogP contribution in [0, 0.1) is 0 Å². The minimum atomic E-state index is -3.83. The van der Waals surface area contributed by atoms with Crippen LogP contribution < -0.4 is 16.2 Å². The van der Waals surface area contributed by atoms with Gasteiger partial charge in [0, 0.05) is 5.69 Å². The lowest BCUT2D eigenvalue weighted by atomic mass is 10.1. The first-order valence-corrected chi connectivity index (χ1v) is 8.23. The van der Waals surface area contributed by atoms with Crippen LogP contribution in [0.25, 0.3) is 0 Å². The number of nitrogens with one attached hydrogen (secondary N) is 1. The van der Waals surface area contributed by atoms with E-state index in [1.165, 1.54) is 11.6 Å². The summed E-state index contributed by atoms with van der Waals surface area (Å²) in [4.78, 5) is -0.0740. The minimum absolute atomic E-state index is 0.0740. The number of hydrogen-bond acceptors (Lipinski definition) is 4. The third kappa shape index (κ3) is 3.74. The summed E-state index contributed by atoms with van der Waals surface area (Å²) in [7, 11) is -3.83. The second-order valence-electron chi connectivity index (χ2n) is 4.83. The predicted octanol–water partition coefficient (Wildman–Crippen LogP) is 2.61. The highest BCUT2D eigenvalue weighted by molar-refractivity contribution is 7.89. The molecule has 0 atom stereocenters. The molecule has 2 aromatic carbocycles. The van der Waals surface area contributed by atoms with Gasteiger partial charge >= 0.3 is 0 Å². The molecule has 0 heterocycles. The number of anilines is 3. The van der Waals surface area contributed by atoms with Crippen molar-refractivity contribution in [2.75, 3.05) is 11.1 Å². The Hall–Kier alpha value is -2.05. The van der Waals surface area contributed by atoms with Crippen molar-refractivity contribution in [2.45, 2.75) is 24.7 Å². The first kappa shape index (κ1) is 15.3. The number of nitrogen functional groups attached to an aromatic ring is 1. The van der Waals surface area contributed by atoms with Gasteiger partial charge in [-0.25, -0.2) is 13.6 Å². The number of aryl methyl sites for hydroxylation is 1. The van der Waals surface area contributed by atoms with Crippen LogP contribution in [0.2, 0.25) is 0 Å². The van der Waals surface area contributed by atoms with E-state index < -0.39 is 10.0 Å². The largest absolute Gasteiger partial charge is 0.396 e. The maximum atomic E-state index is 11.4. The number of benzene rings is 2. The summed E-state index contributed by atoms with van der Waals surface area (Å²) < 4.78 is 22.9. The van der Waals surface area contributed by atoms with Gasteiger partial charge in [0.2, 0.25) is 10.0 Å². The molecule has 0 saturated carbocycles. The van der Waals surface area contributed by atoms with E-state index in [4.69, 9.17) is 10.9 Å². The number of primary sulfonamides is 1. The smallest absolute Gasteiger partial charge is 0.240 e. The summed E-state index contributed by atoms with van der Waals surface area (Å²) in [5.41, 5.74) is 8.61. The summed E-state index contributed by atoms with van der Waals surface area (Å²) in [6, 6.07) is 12.6. The molecule has 0 radical (unpaired) electrons. The van der Waals surface area contributed by atoms with Crippen LogP contribution in [0.4, 0.5) is 17.1 Å². The Morgan fingerprint density at radius 2 is 1.76 bits per heavy atom. The normalized spacial score (nSPS) is 11.3. The molecule has 0 aliphatic carbocycles. The van der Waals surface area contributed by atoms with Gasteiger partial charge in [-0.15, -0.1) is 0 Å². The fourth-order valence-electron chi connectivity index (χ4n) is 2.10. The highest BCUT2D eigenvalue weighted by atomic mass is 32.2. The molecule has 0 fully saturated rings. The molecule has 0 unspecified atom stereocenters. The standard InChI is InChI=1S/C15H19N3O2S/c1-2-4-11-7-9-12(10-8-11)18-13-5-3-6-14(15(13)16)21(17,19)20/h3,5-10,18H,2,4,16H2,1H3,(H2,17,19,20). The van der Waals surface area contributed by atoms with Crippen LogP contribution in [0.3, 0.4) is 0 Å². The van der Waals surface area contributed by atoms with Gasteiger partial charge in [0.15, 0.2) is 0 Å². The Bertz CT molecular complexity index is 725. The molecule has 0 amide bonds. The number of sulfonamides is 1. The molecule has 0 bridgehead atoms. The zero-order valence-corrected chi connectivity index (χ0v) is 12.7. The van der Waals surface area contributed by atoms with Crippen molar-refractivity contribution < 1.29 is 8.42 Å². The van der Waals surface area contributed by atoms with Crippen molar-refractivity contribution in [2.24, 2.45) is 5.14 Å². The monoisotopic (exact) mass is 305 g/mol. The molecule has 6 heteroatoms. The Balaban J connectivity index is 2.28. The number of nitrogens with two attached hydrogens (primary N) is 2. The van der Waals surface area contributed by atoms with Gasteiger partial charge in [-0.1, -0.05) is 31.5 Å². The Labute approximate surface area is 125 Å². The van der Waals surface area contributed by atoms with Crippen LogP contribution in [-0.2, 0) is 16.4 Å². The fraction of sp³-hybridized carbons (Fsp3) is 0.200. The van der Waals surface area contributed by atoms with E-state index >= 15 is 0 Å². The van der Waals surface area contributed by atoms with E-state index in [-0.39, 0.29) is 10.6 Å². The predicted molar refractivity (Wildman–Crippen MR) is 85.9 cm³/mol. The molecular formula is C15H19N3O2S. The van der Waals surface area contributed by atoms with Crippen molar-refractivity contribution in [3.8, 4) is 0 Å². The lowest BCUT2D eigenvalue weighted by Crippen LogP contribution is -2.15. The summed E-state index contributed by atoms with van der Waals surface area (Å²) in [6.45, 7) is 2.13. The summed E-state index contributed by atoms with van der Waals surface area (Å²) in [5, 5.41) is 8.25. The maximum absolute atomic E-state index is 11.4. The molecule has 0 spiro atoms. The highest BCUT2D eigenvalue weighted by Gasteiger charge is 2.14. The van der Waals surface area contributed by atoms with E-state index in [0.29, 0.717) is 5.69 Å². The molecule has 0 aliphatic rings. The lowest BCUT2D eigenvalue weighted by molar-refractivity contribution is 0.598. The van der Waals surface area contributed by atoms with Crippen LogP contribution in [0.5, 0.6) is 0 Å². The number of hydrogen-bond donors (Lipinski definition) is 3. The van der Waals surface area contributed by atoms with Crippen molar-refractivity contribution in [3.63, 3.8) is 0 Å². The molecule has 2 aromatic rings. The summed E-state index contributed by atoms with van der Waals surface area (Å²) in [5.74, 6) is 0. The first-order chi connectivity index (χ1) is 9.91. The van der Waals surface area contributed by atoms with Crippen LogP contribution in [0.1, 0.15) is 18.9 Å². The second kappa shape index (κ2) is 6.15. The molecule has 0 saturated heterocycles. The number of rotatable bonds is 5. The molecule has 21 heavy (non-hydrogen) atoms. The van der Waals surface area contributed by atoms with Crippen LogP contribution >= 0.6 is 0 Å². The van der Waals surface area contributed by atoms with E-state index in [2.05, 4.69) is 12.2 Å². The Morgan fingerprint density at radius 1 is 1.10 bits per heavy atom. The quantitative estimate of drug-likeness (QED) is 0.739. The van der Waals surface area contributed by atoms with Gasteiger partial charge in [0.05, 0.1) is 11.4 Å². The summed E-state index contributed by atoms with van der Waals surface area (Å²) >= 11 is 0. The van der Waals surface area contributed by atoms with Crippen molar-refractivity contribution in [3.05, 3.63) is 48.0 Å². The average molecular weight is 305 g/mol. The molecule has 5 nitrogen and oxygen atoms in total. The van der Waals surface area contributed by atoms with Gasteiger partial charge in [-0.2, -0.15) is 0 Å². The van der Waals surface area contributed by atoms with E-state index in [1.54, 1.807) is 12.1 Å². The van der Waals surface area contributed by atoms with Crippen molar-refractivity contribution >= 4 is 27.1 Å². The average Bonchev–Trinajstić information content (AvgIpc) is 2.42. The fourth-order valence-corrected chi connectivity index (χ4v) is 2.78. The van der Waals surface area contributed by atoms with E-state index in [0.717, 1.165) is 18.5 Å². The molecule has 0 aromatic heterocycles. The molecule has 112 valence electrons. The van der Waals surface area contributed by atoms with Gasteiger partial charge in [0.25, 0.3) is 0 Å². The maximum Gasteiger partial charge on any atom is 0.240 e. The van der Waals surface area contributed by atoms with Gasteiger partial charge in [-0.3, -0.25) is 0 Å². The van der Waals surface area contributed by atoms with Crippen molar-refractivity contribution in [1.82, 2.24) is 0 Å². The molecule has 0 aliphatic heterocycles. The molecular weight excluding hydrogens is 286 g/mol.